The van der Waals surface area contributed by atoms with E-state index in [-0.39, 0.29) is 11.0 Å². The number of rotatable bonds is 1. The summed E-state index contributed by atoms with van der Waals surface area (Å²) in [5.74, 6) is 0.903. The second-order valence-corrected chi connectivity index (χ2v) is 9.27. The van der Waals surface area contributed by atoms with Crippen molar-refractivity contribution in [2.24, 2.45) is 5.41 Å². The molecule has 2 aliphatic rings. The minimum absolute atomic E-state index is 0.103. The number of hydrogen-bond donors (Lipinski definition) is 1. The van der Waals surface area contributed by atoms with E-state index in [0.717, 1.165) is 11.5 Å². The SMILES string of the molecule is Cc1ccc2c3c(oc2c1N1[C@@H](C)C(C)(C)CC1(C)C)NC(C)C=C3. The van der Waals surface area contributed by atoms with Crippen LogP contribution < -0.4 is 10.2 Å². The number of hydrogen-bond acceptors (Lipinski definition) is 3. The third-order valence-electron chi connectivity index (χ3n) is 6.28. The van der Waals surface area contributed by atoms with Crippen LogP contribution in [-0.4, -0.2) is 17.6 Å². The lowest BCUT2D eigenvalue weighted by atomic mass is 9.82. The van der Waals surface area contributed by atoms with Gasteiger partial charge in [0.25, 0.3) is 0 Å². The van der Waals surface area contributed by atoms with Gasteiger partial charge in [0.05, 0.1) is 5.69 Å². The molecule has 0 spiro atoms. The molecule has 3 heteroatoms. The molecule has 1 N–H and O–H groups in total. The van der Waals surface area contributed by atoms with Crippen molar-refractivity contribution in [3.63, 3.8) is 0 Å². The summed E-state index contributed by atoms with van der Waals surface area (Å²) >= 11 is 0. The summed E-state index contributed by atoms with van der Waals surface area (Å²) in [5.41, 5.74) is 5.13. The van der Waals surface area contributed by atoms with E-state index in [1.165, 1.54) is 28.6 Å². The summed E-state index contributed by atoms with van der Waals surface area (Å²) < 4.78 is 6.39. The van der Waals surface area contributed by atoms with Gasteiger partial charge in [-0.3, -0.25) is 0 Å². The molecule has 134 valence electrons. The molecule has 0 amide bonds. The first-order chi connectivity index (χ1) is 11.6. The van der Waals surface area contributed by atoms with Gasteiger partial charge >= 0.3 is 0 Å². The van der Waals surface area contributed by atoms with E-state index in [1.54, 1.807) is 0 Å². The first-order valence-electron chi connectivity index (χ1n) is 9.42. The third-order valence-corrected chi connectivity index (χ3v) is 6.28. The first kappa shape index (κ1) is 16.6. The van der Waals surface area contributed by atoms with Crippen molar-refractivity contribution in [1.29, 1.82) is 0 Å². The van der Waals surface area contributed by atoms with Crippen molar-refractivity contribution in [3.8, 4) is 0 Å². The van der Waals surface area contributed by atoms with Gasteiger partial charge in [0.1, 0.15) is 0 Å². The molecule has 25 heavy (non-hydrogen) atoms. The molecule has 1 saturated heterocycles. The Morgan fingerprint density at radius 3 is 2.52 bits per heavy atom. The lowest BCUT2D eigenvalue weighted by Crippen LogP contribution is -2.43. The zero-order chi connectivity index (χ0) is 18.1. The van der Waals surface area contributed by atoms with Crippen molar-refractivity contribution in [2.75, 3.05) is 10.2 Å². The number of nitrogens with one attached hydrogen (secondary N) is 1. The van der Waals surface area contributed by atoms with Crippen molar-refractivity contribution in [3.05, 3.63) is 29.3 Å². The summed E-state index contributed by atoms with van der Waals surface area (Å²) in [4.78, 5) is 2.60. The fraction of sp³-hybridized carbons (Fsp3) is 0.545. The predicted molar refractivity (Wildman–Crippen MR) is 107 cm³/mol. The second-order valence-electron chi connectivity index (χ2n) is 9.27. The van der Waals surface area contributed by atoms with Crippen LogP contribution in [0.5, 0.6) is 0 Å². The van der Waals surface area contributed by atoms with Crippen LogP contribution in [0.1, 0.15) is 59.1 Å². The Bertz CT molecular complexity index is 872. The predicted octanol–water partition coefficient (Wildman–Crippen LogP) is 5.97. The molecule has 1 unspecified atom stereocenters. The van der Waals surface area contributed by atoms with Crippen molar-refractivity contribution in [2.45, 2.75) is 72.5 Å². The minimum Gasteiger partial charge on any atom is -0.438 e. The van der Waals surface area contributed by atoms with Gasteiger partial charge in [-0.2, -0.15) is 0 Å². The Hall–Kier alpha value is -1.90. The molecule has 2 atom stereocenters. The maximum absolute atomic E-state index is 6.39. The molecular formula is C22H30N2O. The zero-order valence-electron chi connectivity index (χ0n) is 16.5. The molecule has 4 rings (SSSR count). The molecule has 2 aromatic rings. The third kappa shape index (κ3) is 2.32. The molecule has 0 radical (unpaired) electrons. The van der Waals surface area contributed by atoms with Gasteiger partial charge in [0.15, 0.2) is 5.58 Å². The van der Waals surface area contributed by atoms with Gasteiger partial charge in [0.2, 0.25) is 5.88 Å². The quantitative estimate of drug-likeness (QED) is 0.694. The van der Waals surface area contributed by atoms with Crippen molar-refractivity contribution < 1.29 is 4.42 Å². The van der Waals surface area contributed by atoms with E-state index in [0.29, 0.717) is 12.1 Å². The number of aryl methyl sites for hydroxylation is 1. The average Bonchev–Trinajstić information content (AvgIpc) is 2.92. The molecule has 3 heterocycles. The Kier molecular flexibility index (Phi) is 3.35. The summed E-state index contributed by atoms with van der Waals surface area (Å²) in [7, 11) is 0. The normalized spacial score (nSPS) is 26.8. The Morgan fingerprint density at radius 2 is 1.88 bits per heavy atom. The number of anilines is 2. The van der Waals surface area contributed by atoms with E-state index >= 15 is 0 Å². The summed E-state index contributed by atoms with van der Waals surface area (Å²) in [6.07, 6.45) is 5.57. The van der Waals surface area contributed by atoms with Crippen LogP contribution in [0.4, 0.5) is 11.6 Å². The van der Waals surface area contributed by atoms with Crippen LogP contribution in [0, 0.1) is 12.3 Å². The molecular weight excluding hydrogens is 308 g/mol. The Labute approximate surface area is 151 Å². The van der Waals surface area contributed by atoms with Gasteiger partial charge in [0, 0.05) is 28.6 Å². The highest BCUT2D eigenvalue weighted by atomic mass is 16.4. The largest absolute Gasteiger partial charge is 0.438 e. The van der Waals surface area contributed by atoms with Gasteiger partial charge in [-0.15, -0.1) is 0 Å². The van der Waals surface area contributed by atoms with E-state index in [2.05, 4.69) is 83.0 Å². The standard InChI is InChI=1S/C22H30N2O/c1-13-8-10-16-17-11-9-14(2)23-20(17)25-19(16)18(13)24-15(3)21(4,5)12-22(24,6)7/h8-11,14-15,23H,12H2,1-7H3/t14?,15-/m0/s1. The monoisotopic (exact) mass is 338 g/mol. The Balaban J connectivity index is 1.97. The smallest absolute Gasteiger partial charge is 0.202 e. The number of fused-ring (bicyclic) bond motifs is 3. The van der Waals surface area contributed by atoms with E-state index in [4.69, 9.17) is 4.42 Å². The van der Waals surface area contributed by atoms with Gasteiger partial charge in [-0.05, 0) is 52.0 Å². The van der Waals surface area contributed by atoms with Crippen LogP contribution in [0.25, 0.3) is 17.0 Å². The topological polar surface area (TPSA) is 28.4 Å². The fourth-order valence-corrected chi connectivity index (χ4v) is 5.05. The number of nitrogens with zero attached hydrogens (tertiary/aromatic N) is 1. The van der Waals surface area contributed by atoms with Crippen LogP contribution >= 0.6 is 0 Å². The molecule has 1 aromatic carbocycles. The first-order valence-corrected chi connectivity index (χ1v) is 9.42. The van der Waals surface area contributed by atoms with Crippen molar-refractivity contribution >= 4 is 28.6 Å². The summed E-state index contributed by atoms with van der Waals surface area (Å²) in [5, 5.41) is 4.67. The molecule has 0 bridgehead atoms. The second kappa shape index (κ2) is 5.06. The summed E-state index contributed by atoms with van der Waals surface area (Å²) in [6, 6.07) is 5.21. The minimum atomic E-state index is 0.103. The highest BCUT2D eigenvalue weighted by Gasteiger charge is 2.49. The molecule has 1 aromatic heterocycles. The maximum atomic E-state index is 6.39. The fourth-order valence-electron chi connectivity index (χ4n) is 5.05. The van der Waals surface area contributed by atoms with Gasteiger partial charge < -0.3 is 14.6 Å². The maximum Gasteiger partial charge on any atom is 0.202 e. The van der Waals surface area contributed by atoms with Gasteiger partial charge in [-0.25, -0.2) is 0 Å². The van der Waals surface area contributed by atoms with E-state index in [1.807, 2.05) is 0 Å². The van der Waals surface area contributed by atoms with Gasteiger partial charge in [-0.1, -0.05) is 38.1 Å². The average molecular weight is 338 g/mol. The molecule has 0 saturated carbocycles. The lowest BCUT2D eigenvalue weighted by molar-refractivity contribution is 0.329. The van der Waals surface area contributed by atoms with Crippen LogP contribution in [0.15, 0.2) is 22.6 Å². The number of benzene rings is 1. The van der Waals surface area contributed by atoms with Crippen LogP contribution in [0.2, 0.25) is 0 Å². The lowest BCUT2D eigenvalue weighted by Gasteiger charge is -2.38. The molecule has 2 aliphatic heterocycles. The van der Waals surface area contributed by atoms with E-state index < -0.39 is 0 Å². The highest BCUT2D eigenvalue weighted by molar-refractivity contribution is 6.01. The number of furan rings is 1. The zero-order valence-corrected chi connectivity index (χ0v) is 16.5. The molecule has 0 aliphatic carbocycles. The molecule has 3 nitrogen and oxygen atoms in total. The highest BCUT2D eigenvalue weighted by Crippen LogP contribution is 2.51. The van der Waals surface area contributed by atoms with Crippen molar-refractivity contribution in [1.82, 2.24) is 0 Å². The summed E-state index contributed by atoms with van der Waals surface area (Å²) in [6.45, 7) is 16.2. The van der Waals surface area contributed by atoms with Crippen LogP contribution in [0.3, 0.4) is 0 Å². The molecule has 1 fully saturated rings. The Morgan fingerprint density at radius 1 is 1.16 bits per heavy atom. The van der Waals surface area contributed by atoms with Crippen LogP contribution in [-0.2, 0) is 0 Å². The van der Waals surface area contributed by atoms with E-state index in [9.17, 15) is 0 Å².